The Balaban J connectivity index is 0.00000300. The molecular weight excluding hydrogens is 504 g/mol. The number of rotatable bonds is 5. The summed E-state index contributed by atoms with van der Waals surface area (Å²) < 4.78 is 52.7. The molecule has 164 valence electrons. The first kappa shape index (κ1) is 23.9. The highest BCUT2D eigenvalue weighted by Crippen LogP contribution is 2.21. The van der Waals surface area contributed by atoms with Crippen molar-refractivity contribution in [1.29, 1.82) is 0 Å². The quantitative estimate of drug-likeness (QED) is 0.359. The summed E-state index contributed by atoms with van der Waals surface area (Å²) in [4.78, 5) is 10.4. The van der Waals surface area contributed by atoms with E-state index >= 15 is 0 Å². The van der Waals surface area contributed by atoms with Crippen LogP contribution in [0.2, 0.25) is 0 Å². The van der Waals surface area contributed by atoms with Crippen molar-refractivity contribution in [3.8, 4) is 5.88 Å². The number of ether oxygens (including phenoxy) is 3. The molecule has 2 saturated heterocycles. The Bertz CT molecular complexity index is 655. The van der Waals surface area contributed by atoms with E-state index in [1.165, 1.54) is 12.3 Å². The zero-order chi connectivity index (χ0) is 20.0. The van der Waals surface area contributed by atoms with E-state index in [2.05, 4.69) is 24.9 Å². The van der Waals surface area contributed by atoms with E-state index in [4.69, 9.17) is 9.47 Å². The van der Waals surface area contributed by atoms with Crippen molar-refractivity contribution < 1.29 is 27.4 Å². The van der Waals surface area contributed by atoms with E-state index in [9.17, 15) is 13.2 Å². The van der Waals surface area contributed by atoms with Gasteiger partial charge in [0.15, 0.2) is 12.6 Å². The van der Waals surface area contributed by atoms with Crippen molar-refractivity contribution >= 4 is 29.9 Å². The first-order chi connectivity index (χ1) is 13.4. The fraction of sp³-hybridized carbons (Fsp3) is 0.667. The Morgan fingerprint density at radius 3 is 2.72 bits per heavy atom. The Morgan fingerprint density at radius 1 is 1.31 bits per heavy atom. The Labute approximate surface area is 185 Å². The highest BCUT2D eigenvalue weighted by molar-refractivity contribution is 14.0. The fourth-order valence-electron chi connectivity index (χ4n) is 3.26. The highest BCUT2D eigenvalue weighted by atomic mass is 127. The summed E-state index contributed by atoms with van der Waals surface area (Å²) in [7, 11) is 1.71. The second kappa shape index (κ2) is 11.2. The molecule has 0 spiro atoms. The van der Waals surface area contributed by atoms with E-state index in [0.717, 1.165) is 37.5 Å². The van der Waals surface area contributed by atoms with E-state index in [1.807, 2.05) is 0 Å². The molecule has 11 heteroatoms. The minimum atomic E-state index is -4.38. The molecule has 3 heterocycles. The minimum Gasteiger partial charge on any atom is -0.468 e. The molecule has 2 aliphatic heterocycles. The maximum absolute atomic E-state index is 12.2. The van der Waals surface area contributed by atoms with Crippen LogP contribution in [-0.2, 0) is 16.0 Å². The molecule has 1 N–H and O–H groups in total. The molecule has 0 radical (unpaired) electrons. The lowest BCUT2D eigenvalue weighted by molar-refractivity contribution is -0.154. The molecule has 1 aromatic heterocycles. The topological polar surface area (TPSA) is 68.2 Å². The molecule has 0 saturated carbocycles. The average Bonchev–Trinajstić information content (AvgIpc) is 3.22. The molecule has 0 aliphatic carbocycles. The lowest BCUT2D eigenvalue weighted by Gasteiger charge is -2.37. The molecule has 0 amide bonds. The molecule has 3 rings (SSSR count). The van der Waals surface area contributed by atoms with Gasteiger partial charge in [-0.1, -0.05) is 6.07 Å². The first-order valence-electron chi connectivity index (χ1n) is 9.28. The van der Waals surface area contributed by atoms with Gasteiger partial charge in [-0.05, 0) is 18.4 Å². The van der Waals surface area contributed by atoms with Crippen LogP contribution in [-0.4, -0.2) is 74.2 Å². The summed E-state index contributed by atoms with van der Waals surface area (Å²) in [5.41, 5.74) is 0.810. The normalized spacial score (nSPS) is 22.9. The minimum absolute atomic E-state index is 0. The maximum Gasteiger partial charge on any atom is 0.422 e. The van der Waals surface area contributed by atoms with Crippen LogP contribution in [0.3, 0.4) is 0 Å². The second-order valence-corrected chi connectivity index (χ2v) is 6.72. The third kappa shape index (κ3) is 7.45. The molecule has 29 heavy (non-hydrogen) atoms. The summed E-state index contributed by atoms with van der Waals surface area (Å²) in [6, 6.07) is 3.10. The van der Waals surface area contributed by atoms with Gasteiger partial charge in [0.05, 0.1) is 12.7 Å². The van der Waals surface area contributed by atoms with Crippen LogP contribution in [0.25, 0.3) is 0 Å². The lowest BCUT2D eigenvalue weighted by atomic mass is 10.1. The summed E-state index contributed by atoms with van der Waals surface area (Å²) in [6.07, 6.45) is -0.656. The van der Waals surface area contributed by atoms with Gasteiger partial charge in [-0.25, -0.2) is 4.98 Å². The van der Waals surface area contributed by atoms with Gasteiger partial charge in [-0.15, -0.1) is 24.0 Å². The first-order valence-corrected chi connectivity index (χ1v) is 9.28. The standard InChI is InChI=1S/C18H25F3N4O3.HI/c1-22-17(25-6-8-27-15(11-25)14-3-2-7-26-14)24-10-13-4-5-16(23-9-13)28-12-18(19,20)21;/h4-5,9,14-15H,2-3,6-8,10-12H2,1H3,(H,22,24);1H. The van der Waals surface area contributed by atoms with Crippen LogP contribution in [0.1, 0.15) is 18.4 Å². The third-order valence-electron chi connectivity index (χ3n) is 4.62. The molecule has 2 fully saturated rings. The number of guanidine groups is 1. The van der Waals surface area contributed by atoms with E-state index in [1.54, 1.807) is 13.1 Å². The summed E-state index contributed by atoms with van der Waals surface area (Å²) >= 11 is 0. The fourth-order valence-corrected chi connectivity index (χ4v) is 3.26. The van der Waals surface area contributed by atoms with Crippen LogP contribution in [0.4, 0.5) is 13.2 Å². The van der Waals surface area contributed by atoms with Crippen LogP contribution in [0.15, 0.2) is 23.3 Å². The van der Waals surface area contributed by atoms with E-state index < -0.39 is 12.8 Å². The number of halogens is 4. The average molecular weight is 530 g/mol. The van der Waals surface area contributed by atoms with Crippen molar-refractivity contribution in [1.82, 2.24) is 15.2 Å². The third-order valence-corrected chi connectivity index (χ3v) is 4.62. The summed E-state index contributed by atoms with van der Waals surface area (Å²) in [6.45, 7) is 1.91. The SMILES string of the molecule is CN=C(NCc1ccc(OCC(F)(F)F)nc1)N1CCOC(C2CCCO2)C1.I. The van der Waals surface area contributed by atoms with Crippen molar-refractivity contribution in [3.05, 3.63) is 23.9 Å². The number of aromatic nitrogens is 1. The zero-order valence-corrected chi connectivity index (χ0v) is 18.5. The monoisotopic (exact) mass is 530 g/mol. The molecular formula is C18H26F3IN4O3. The van der Waals surface area contributed by atoms with E-state index in [0.29, 0.717) is 19.7 Å². The van der Waals surface area contributed by atoms with Gasteiger partial charge in [0, 0.05) is 45.6 Å². The molecule has 7 nitrogen and oxygen atoms in total. The number of morpholine rings is 1. The van der Waals surface area contributed by atoms with Gasteiger partial charge >= 0.3 is 6.18 Å². The van der Waals surface area contributed by atoms with Gasteiger partial charge in [0.2, 0.25) is 5.88 Å². The zero-order valence-electron chi connectivity index (χ0n) is 16.2. The van der Waals surface area contributed by atoms with E-state index in [-0.39, 0.29) is 42.1 Å². The van der Waals surface area contributed by atoms with Crippen LogP contribution < -0.4 is 10.1 Å². The predicted octanol–water partition coefficient (Wildman–Crippen LogP) is 2.60. The summed E-state index contributed by atoms with van der Waals surface area (Å²) in [5.74, 6) is 0.682. The Kier molecular flexibility index (Phi) is 9.21. The van der Waals surface area contributed by atoms with Crippen molar-refractivity contribution in [2.75, 3.05) is 40.0 Å². The molecule has 1 aromatic rings. The predicted molar refractivity (Wildman–Crippen MR) is 112 cm³/mol. The van der Waals surface area contributed by atoms with Crippen molar-refractivity contribution in [2.45, 2.75) is 37.8 Å². The summed E-state index contributed by atoms with van der Waals surface area (Å²) in [5, 5.41) is 3.26. The molecule has 0 aromatic carbocycles. The lowest BCUT2D eigenvalue weighted by Crippen LogP contribution is -2.53. The van der Waals surface area contributed by atoms with Gasteiger partial charge in [0.25, 0.3) is 0 Å². The highest BCUT2D eigenvalue weighted by Gasteiger charge is 2.32. The number of nitrogens with zero attached hydrogens (tertiary/aromatic N) is 3. The second-order valence-electron chi connectivity index (χ2n) is 6.72. The van der Waals surface area contributed by atoms with Gasteiger partial charge in [-0.3, -0.25) is 4.99 Å². The molecule has 2 aliphatic rings. The van der Waals surface area contributed by atoms with Gasteiger partial charge in [0.1, 0.15) is 6.10 Å². The van der Waals surface area contributed by atoms with Crippen LogP contribution >= 0.6 is 24.0 Å². The number of hydrogen-bond acceptors (Lipinski definition) is 5. The number of pyridine rings is 1. The molecule has 0 bridgehead atoms. The number of aliphatic imine (C=N–C) groups is 1. The number of hydrogen-bond donors (Lipinski definition) is 1. The van der Waals surface area contributed by atoms with Crippen molar-refractivity contribution in [2.24, 2.45) is 4.99 Å². The van der Waals surface area contributed by atoms with Gasteiger partial charge in [-0.2, -0.15) is 13.2 Å². The molecule has 2 unspecified atom stereocenters. The largest absolute Gasteiger partial charge is 0.468 e. The van der Waals surface area contributed by atoms with Crippen molar-refractivity contribution in [3.63, 3.8) is 0 Å². The van der Waals surface area contributed by atoms with Crippen LogP contribution in [0, 0.1) is 0 Å². The molecule has 2 atom stereocenters. The smallest absolute Gasteiger partial charge is 0.422 e. The Morgan fingerprint density at radius 2 is 2.10 bits per heavy atom. The maximum atomic E-state index is 12.2. The van der Waals surface area contributed by atoms with Crippen LogP contribution in [0.5, 0.6) is 5.88 Å². The number of alkyl halides is 3. The Hall–Kier alpha value is -1.34. The number of nitrogens with one attached hydrogen (secondary N) is 1. The van der Waals surface area contributed by atoms with Gasteiger partial charge < -0.3 is 24.4 Å².